The van der Waals surface area contributed by atoms with E-state index in [9.17, 15) is 18.5 Å². The summed E-state index contributed by atoms with van der Waals surface area (Å²) in [6.07, 6.45) is 3.85. The molecule has 1 aliphatic rings. The molecule has 200 valence electrons. The molecule has 11 nitrogen and oxygen atoms in total. The van der Waals surface area contributed by atoms with Gasteiger partial charge in [0.2, 0.25) is 15.9 Å². The van der Waals surface area contributed by atoms with Crippen molar-refractivity contribution in [3.8, 4) is 23.1 Å². The minimum atomic E-state index is -3.55. The van der Waals surface area contributed by atoms with Crippen molar-refractivity contribution in [1.29, 1.82) is 5.26 Å². The Labute approximate surface area is 222 Å². The van der Waals surface area contributed by atoms with Crippen LogP contribution < -0.4 is 14.4 Å². The van der Waals surface area contributed by atoms with Gasteiger partial charge >= 0.3 is 6.09 Å². The van der Waals surface area contributed by atoms with Crippen LogP contribution >= 0.6 is 0 Å². The van der Waals surface area contributed by atoms with Gasteiger partial charge in [-0.15, -0.1) is 0 Å². The van der Waals surface area contributed by atoms with Gasteiger partial charge in [0.05, 0.1) is 30.1 Å². The lowest BCUT2D eigenvalue weighted by molar-refractivity contribution is 0.0240. The fourth-order valence-corrected chi connectivity index (χ4v) is 4.81. The van der Waals surface area contributed by atoms with Gasteiger partial charge < -0.3 is 19.3 Å². The van der Waals surface area contributed by atoms with E-state index in [4.69, 9.17) is 9.47 Å². The number of pyridine rings is 2. The monoisotopic (exact) mass is 538 g/mol. The van der Waals surface area contributed by atoms with Crippen molar-refractivity contribution in [2.45, 2.75) is 26.4 Å². The third-order valence-electron chi connectivity index (χ3n) is 5.88. The van der Waals surface area contributed by atoms with Crippen molar-refractivity contribution in [3.63, 3.8) is 0 Å². The third kappa shape index (κ3) is 6.06. The van der Waals surface area contributed by atoms with Crippen molar-refractivity contribution < 1.29 is 22.7 Å². The molecule has 1 amide bonds. The lowest BCUT2D eigenvalue weighted by atomic mass is 10.0. The fourth-order valence-electron chi connectivity index (χ4n) is 4.27. The van der Waals surface area contributed by atoms with Crippen LogP contribution in [0.2, 0.25) is 0 Å². The van der Waals surface area contributed by atoms with Crippen molar-refractivity contribution in [2.24, 2.45) is 0 Å². The molecule has 38 heavy (non-hydrogen) atoms. The van der Waals surface area contributed by atoms with Crippen LogP contribution in [0, 0.1) is 11.3 Å². The van der Waals surface area contributed by atoms with Crippen LogP contribution in [0.15, 0.2) is 36.7 Å². The molecule has 12 heteroatoms. The minimum absolute atomic E-state index is 0.150. The summed E-state index contributed by atoms with van der Waals surface area (Å²) in [7, 11) is -2.14. The summed E-state index contributed by atoms with van der Waals surface area (Å²) in [6.45, 7) is 7.44. The standard InChI is InChI=1S/C26H30N6O5S/c1-26(2,3)37-25(33)32-10-8-31(9-11-32)23-19(14-27)16-28-21-7-6-17(12-20(21)23)18-13-22(30-38(5,34)35)24(36-4)29-15-18/h6-7,12-13,15-16,30H,8-11H2,1-5H3. The van der Waals surface area contributed by atoms with Gasteiger partial charge in [-0.2, -0.15) is 5.26 Å². The summed E-state index contributed by atoms with van der Waals surface area (Å²) in [4.78, 5) is 25.0. The molecule has 1 fully saturated rings. The Hall–Kier alpha value is -4.11. The number of carbonyl (C=O) groups excluding carboxylic acids is 1. The molecule has 1 N–H and O–H groups in total. The Balaban J connectivity index is 1.70. The van der Waals surface area contributed by atoms with E-state index in [-0.39, 0.29) is 17.7 Å². The van der Waals surface area contributed by atoms with E-state index in [0.717, 1.165) is 22.9 Å². The molecule has 1 aromatic carbocycles. The van der Waals surface area contributed by atoms with Crippen LogP contribution in [0.5, 0.6) is 5.88 Å². The lowest BCUT2D eigenvalue weighted by Crippen LogP contribution is -2.50. The van der Waals surface area contributed by atoms with E-state index in [0.29, 0.717) is 42.8 Å². The molecule has 0 radical (unpaired) electrons. The molecule has 1 aliphatic heterocycles. The summed E-state index contributed by atoms with van der Waals surface area (Å²) < 4.78 is 36.8. The molecule has 0 spiro atoms. The number of hydrogen-bond donors (Lipinski definition) is 1. The molecular weight excluding hydrogens is 508 g/mol. The van der Waals surface area contributed by atoms with Gasteiger partial charge in [0.1, 0.15) is 17.4 Å². The maximum absolute atomic E-state index is 12.5. The van der Waals surface area contributed by atoms with Gasteiger partial charge in [0, 0.05) is 49.5 Å². The predicted octanol–water partition coefficient (Wildman–Crippen LogP) is 3.61. The van der Waals surface area contributed by atoms with Gasteiger partial charge in [-0.25, -0.2) is 18.2 Å². The number of anilines is 2. The quantitative estimate of drug-likeness (QED) is 0.516. The molecule has 3 aromatic rings. The molecule has 0 aliphatic carbocycles. The SMILES string of the molecule is COc1ncc(-c2ccc3ncc(C#N)c(N4CCN(C(=O)OC(C)(C)C)CC4)c3c2)cc1NS(C)(=O)=O. The van der Waals surface area contributed by atoms with E-state index < -0.39 is 15.6 Å². The van der Waals surface area contributed by atoms with Crippen LogP contribution in [-0.2, 0) is 14.8 Å². The second-order valence-electron chi connectivity index (χ2n) is 9.97. The highest BCUT2D eigenvalue weighted by Crippen LogP contribution is 2.35. The zero-order chi connectivity index (χ0) is 27.7. The Morgan fingerprint density at radius 1 is 1.08 bits per heavy atom. The zero-order valence-electron chi connectivity index (χ0n) is 22.0. The third-order valence-corrected chi connectivity index (χ3v) is 6.47. The Morgan fingerprint density at radius 2 is 1.79 bits per heavy atom. The Morgan fingerprint density at radius 3 is 2.39 bits per heavy atom. The highest BCUT2D eigenvalue weighted by Gasteiger charge is 2.28. The second kappa shape index (κ2) is 10.3. The summed E-state index contributed by atoms with van der Waals surface area (Å²) >= 11 is 0. The maximum Gasteiger partial charge on any atom is 0.410 e. The topological polar surface area (TPSA) is 138 Å². The summed E-state index contributed by atoms with van der Waals surface area (Å²) in [5.41, 5.74) is 2.92. The molecule has 2 aromatic heterocycles. The van der Waals surface area contributed by atoms with Crippen LogP contribution in [0.4, 0.5) is 16.2 Å². The number of carbonyl (C=O) groups is 1. The van der Waals surface area contributed by atoms with E-state index >= 15 is 0 Å². The molecule has 0 saturated carbocycles. The molecule has 4 rings (SSSR count). The predicted molar refractivity (Wildman–Crippen MR) is 145 cm³/mol. The molecule has 3 heterocycles. The number of methoxy groups -OCH3 is 1. The van der Waals surface area contributed by atoms with Crippen LogP contribution in [0.25, 0.3) is 22.0 Å². The average molecular weight is 539 g/mol. The van der Waals surface area contributed by atoms with Crippen LogP contribution in [0.1, 0.15) is 26.3 Å². The van der Waals surface area contributed by atoms with Gasteiger partial charge in [-0.3, -0.25) is 9.71 Å². The largest absolute Gasteiger partial charge is 0.480 e. The van der Waals surface area contributed by atoms with E-state index in [2.05, 4.69) is 25.7 Å². The number of rotatable bonds is 5. The smallest absolute Gasteiger partial charge is 0.410 e. The maximum atomic E-state index is 12.5. The lowest BCUT2D eigenvalue weighted by Gasteiger charge is -2.37. The van der Waals surface area contributed by atoms with Gasteiger partial charge in [0.15, 0.2) is 0 Å². The highest BCUT2D eigenvalue weighted by molar-refractivity contribution is 7.92. The van der Waals surface area contributed by atoms with E-state index in [1.807, 2.05) is 39.0 Å². The summed E-state index contributed by atoms with van der Waals surface area (Å²) in [6, 6.07) is 9.51. The molecule has 0 unspecified atom stereocenters. The number of hydrogen-bond acceptors (Lipinski definition) is 9. The second-order valence-corrected chi connectivity index (χ2v) is 11.7. The first kappa shape index (κ1) is 26.9. The number of amides is 1. The normalized spacial score (nSPS) is 14.2. The van der Waals surface area contributed by atoms with Gasteiger partial charge in [0.25, 0.3) is 0 Å². The minimum Gasteiger partial charge on any atom is -0.480 e. The van der Waals surface area contributed by atoms with Crippen molar-refractivity contribution in [3.05, 3.63) is 42.2 Å². The van der Waals surface area contributed by atoms with Gasteiger partial charge in [-0.05, 0) is 44.5 Å². The number of sulfonamides is 1. The Kier molecular flexibility index (Phi) is 7.33. The van der Waals surface area contributed by atoms with Crippen molar-refractivity contribution >= 4 is 38.4 Å². The first-order valence-electron chi connectivity index (χ1n) is 12.0. The van der Waals surface area contributed by atoms with Crippen LogP contribution in [-0.4, -0.2) is 74.5 Å². The number of fused-ring (bicyclic) bond motifs is 1. The number of benzene rings is 1. The van der Waals surface area contributed by atoms with Crippen molar-refractivity contribution in [2.75, 3.05) is 49.2 Å². The number of ether oxygens (including phenoxy) is 2. The van der Waals surface area contributed by atoms with E-state index in [1.54, 1.807) is 23.4 Å². The van der Waals surface area contributed by atoms with Gasteiger partial charge in [-0.1, -0.05) is 6.07 Å². The first-order chi connectivity index (χ1) is 17.9. The van der Waals surface area contributed by atoms with E-state index in [1.165, 1.54) is 7.11 Å². The average Bonchev–Trinajstić information content (AvgIpc) is 2.85. The number of nitrogens with one attached hydrogen (secondary N) is 1. The number of nitriles is 1. The molecule has 0 atom stereocenters. The number of piperazine rings is 1. The highest BCUT2D eigenvalue weighted by atomic mass is 32.2. The number of nitrogens with zero attached hydrogens (tertiary/aromatic N) is 5. The molecular formula is C26H30N6O5S. The van der Waals surface area contributed by atoms with Crippen molar-refractivity contribution in [1.82, 2.24) is 14.9 Å². The summed E-state index contributed by atoms with van der Waals surface area (Å²) in [5, 5.41) is 10.6. The van der Waals surface area contributed by atoms with Crippen LogP contribution in [0.3, 0.4) is 0 Å². The first-order valence-corrected chi connectivity index (χ1v) is 13.9. The summed E-state index contributed by atoms with van der Waals surface area (Å²) in [5.74, 6) is 0.150. The number of aromatic nitrogens is 2. The fraction of sp³-hybridized carbons (Fsp3) is 0.385. The zero-order valence-corrected chi connectivity index (χ0v) is 22.8. The molecule has 1 saturated heterocycles. The Bertz CT molecular complexity index is 1520. The molecule has 0 bridgehead atoms.